The van der Waals surface area contributed by atoms with Gasteiger partial charge < -0.3 is 10.4 Å². The van der Waals surface area contributed by atoms with Gasteiger partial charge in [-0.15, -0.1) is 0 Å². The quantitative estimate of drug-likeness (QED) is 0.552. The van der Waals surface area contributed by atoms with E-state index in [9.17, 15) is 14.7 Å². The summed E-state index contributed by atoms with van der Waals surface area (Å²) in [6.45, 7) is 8.96. The molecule has 5 saturated carbocycles. The minimum absolute atomic E-state index is 0.00334. The van der Waals surface area contributed by atoms with E-state index in [1.54, 1.807) is 0 Å². The Morgan fingerprint density at radius 3 is 2.55 bits per heavy atom. The Morgan fingerprint density at radius 1 is 1.09 bits per heavy atom. The Morgan fingerprint density at radius 2 is 1.85 bits per heavy atom. The molecule has 0 aromatic carbocycles. The van der Waals surface area contributed by atoms with E-state index in [1.807, 2.05) is 13.8 Å². The molecule has 5 aliphatic rings. The Hall–Kier alpha value is -0.900. The van der Waals surface area contributed by atoms with Crippen molar-refractivity contribution in [3.63, 3.8) is 0 Å². The summed E-state index contributed by atoms with van der Waals surface area (Å²) in [7, 11) is 0. The summed E-state index contributed by atoms with van der Waals surface area (Å²) in [5.74, 6) is 4.99. The van der Waals surface area contributed by atoms with E-state index >= 15 is 0 Å². The topological polar surface area (TPSA) is 66.4 Å². The maximum Gasteiger partial charge on any atom is 0.220 e. The number of amides is 1. The summed E-state index contributed by atoms with van der Waals surface area (Å²) in [4.78, 5) is 24.6. The third-order valence-electron chi connectivity index (χ3n) is 11.6. The summed E-state index contributed by atoms with van der Waals surface area (Å²) < 4.78 is 0. The van der Waals surface area contributed by atoms with Gasteiger partial charge in [-0.1, -0.05) is 13.8 Å². The zero-order valence-electron chi connectivity index (χ0n) is 21.4. The number of Topliss-reactive ketones (excluding diaryl/α,β-unsaturated/α-hetero) is 1. The predicted octanol–water partition coefficient (Wildman–Crippen LogP) is 5.52. The minimum atomic E-state index is -0.241. The SMILES string of the molecule is CC(C)NC(=O)CC[C@@H](C1CC1)[C@H]1CCC2C3CCC4CC(=O)CC[C@]4(C)C3C[C@H](O)[C@@]21C. The molecule has 4 nitrogen and oxygen atoms in total. The monoisotopic (exact) mass is 457 g/mol. The smallest absolute Gasteiger partial charge is 0.220 e. The van der Waals surface area contributed by atoms with Crippen LogP contribution in [0.4, 0.5) is 0 Å². The molecular formula is C29H47NO3. The Labute approximate surface area is 201 Å². The number of aliphatic hydroxyl groups excluding tert-OH is 1. The van der Waals surface area contributed by atoms with E-state index in [2.05, 4.69) is 19.2 Å². The lowest BCUT2D eigenvalue weighted by Crippen LogP contribution is -2.58. The Balaban J connectivity index is 1.35. The molecular weight excluding hydrogens is 410 g/mol. The lowest BCUT2D eigenvalue weighted by molar-refractivity contribution is -0.172. The molecule has 4 heteroatoms. The van der Waals surface area contributed by atoms with Gasteiger partial charge in [0.15, 0.2) is 0 Å². The van der Waals surface area contributed by atoms with Crippen molar-refractivity contribution in [1.29, 1.82) is 0 Å². The van der Waals surface area contributed by atoms with Gasteiger partial charge in [-0.3, -0.25) is 9.59 Å². The molecule has 0 radical (unpaired) electrons. The van der Waals surface area contributed by atoms with Crippen LogP contribution in [0.3, 0.4) is 0 Å². The second-order valence-electron chi connectivity index (χ2n) is 13.5. The molecule has 0 aromatic heterocycles. The average molecular weight is 458 g/mol. The molecule has 9 atom stereocenters. The molecule has 1 amide bonds. The van der Waals surface area contributed by atoms with Gasteiger partial charge in [0.2, 0.25) is 5.91 Å². The van der Waals surface area contributed by atoms with Crippen LogP contribution in [0.25, 0.3) is 0 Å². The van der Waals surface area contributed by atoms with Crippen LogP contribution in [0.1, 0.15) is 105 Å². The molecule has 0 heterocycles. The molecule has 0 saturated heterocycles. The number of rotatable bonds is 6. The Bertz CT molecular complexity index is 775. The van der Waals surface area contributed by atoms with Gasteiger partial charge in [0, 0.05) is 25.3 Å². The van der Waals surface area contributed by atoms with Crippen molar-refractivity contribution in [2.45, 2.75) is 117 Å². The van der Waals surface area contributed by atoms with Gasteiger partial charge in [0.1, 0.15) is 5.78 Å². The second kappa shape index (κ2) is 8.64. The van der Waals surface area contributed by atoms with Crippen molar-refractivity contribution in [3.8, 4) is 0 Å². The number of carbonyl (C=O) groups is 2. The molecule has 0 aromatic rings. The number of fused-ring (bicyclic) bond motifs is 5. The van der Waals surface area contributed by atoms with Crippen LogP contribution in [0.5, 0.6) is 0 Å². The number of hydrogen-bond acceptors (Lipinski definition) is 3. The van der Waals surface area contributed by atoms with Crippen LogP contribution in [0, 0.1) is 52.3 Å². The van der Waals surface area contributed by atoms with Crippen molar-refractivity contribution < 1.29 is 14.7 Å². The maximum atomic E-state index is 12.4. The first kappa shape index (κ1) is 23.8. The highest BCUT2D eigenvalue weighted by atomic mass is 16.3. The minimum Gasteiger partial charge on any atom is -0.393 e. The first-order chi connectivity index (χ1) is 15.6. The predicted molar refractivity (Wildman–Crippen MR) is 130 cm³/mol. The molecule has 5 fully saturated rings. The summed E-state index contributed by atoms with van der Waals surface area (Å²) in [5, 5.41) is 14.9. The van der Waals surface area contributed by atoms with Crippen molar-refractivity contribution in [2.75, 3.05) is 0 Å². The lowest BCUT2D eigenvalue weighted by atomic mass is 9.43. The number of carbonyl (C=O) groups excluding carboxylic acids is 2. The van der Waals surface area contributed by atoms with Gasteiger partial charge in [-0.25, -0.2) is 0 Å². The van der Waals surface area contributed by atoms with Crippen molar-refractivity contribution in [3.05, 3.63) is 0 Å². The van der Waals surface area contributed by atoms with Crippen LogP contribution in [0.15, 0.2) is 0 Å². The van der Waals surface area contributed by atoms with Gasteiger partial charge >= 0.3 is 0 Å². The second-order valence-corrected chi connectivity index (χ2v) is 13.5. The van der Waals surface area contributed by atoms with Crippen LogP contribution in [-0.2, 0) is 9.59 Å². The number of aliphatic hydroxyl groups is 1. The van der Waals surface area contributed by atoms with E-state index in [0.29, 0.717) is 47.7 Å². The van der Waals surface area contributed by atoms with Crippen LogP contribution >= 0.6 is 0 Å². The molecule has 0 spiro atoms. The largest absolute Gasteiger partial charge is 0.393 e. The lowest BCUT2D eigenvalue weighted by Gasteiger charge is -2.62. The Kier molecular flexibility index (Phi) is 6.24. The van der Waals surface area contributed by atoms with E-state index < -0.39 is 0 Å². The van der Waals surface area contributed by atoms with Crippen LogP contribution in [-0.4, -0.2) is 28.9 Å². The average Bonchev–Trinajstić information content (AvgIpc) is 3.52. The molecule has 0 aliphatic heterocycles. The van der Waals surface area contributed by atoms with E-state index in [1.165, 1.54) is 38.5 Å². The molecule has 4 unspecified atom stereocenters. The first-order valence-electron chi connectivity index (χ1n) is 14.1. The standard InChI is InChI=1S/C29H47NO3/c1-17(2)30-27(33)12-9-21(18-5-6-18)23-10-11-24-22-8-7-19-15-20(31)13-14-28(19,3)25(22)16-26(32)29(23,24)4/h17-19,21-26,32H,5-16H2,1-4H3,(H,30,33)/t19?,21-,22?,23+,24?,25?,26-,28-,29+/m0/s1. The van der Waals surface area contributed by atoms with Gasteiger partial charge in [-0.2, -0.15) is 0 Å². The van der Waals surface area contributed by atoms with Crippen molar-refractivity contribution >= 4 is 11.7 Å². The summed E-state index contributed by atoms with van der Waals surface area (Å²) >= 11 is 0. The number of ketones is 1. The fourth-order valence-corrected chi connectivity index (χ4v) is 9.73. The fourth-order valence-electron chi connectivity index (χ4n) is 9.73. The number of nitrogens with one attached hydrogen (secondary N) is 1. The van der Waals surface area contributed by atoms with E-state index in [-0.39, 0.29) is 28.9 Å². The van der Waals surface area contributed by atoms with E-state index in [0.717, 1.165) is 38.0 Å². The van der Waals surface area contributed by atoms with Gasteiger partial charge in [0.05, 0.1) is 6.10 Å². The zero-order chi connectivity index (χ0) is 23.5. The van der Waals surface area contributed by atoms with E-state index in [4.69, 9.17) is 0 Å². The van der Waals surface area contributed by atoms with Crippen molar-refractivity contribution in [2.24, 2.45) is 52.3 Å². The molecule has 5 aliphatic carbocycles. The summed E-state index contributed by atoms with van der Waals surface area (Å²) in [6.07, 6.45) is 12.4. The van der Waals surface area contributed by atoms with Crippen LogP contribution in [0.2, 0.25) is 0 Å². The molecule has 2 N–H and O–H groups in total. The fraction of sp³-hybridized carbons (Fsp3) is 0.931. The van der Waals surface area contributed by atoms with Gasteiger partial charge in [-0.05, 0) is 124 Å². The first-order valence-corrected chi connectivity index (χ1v) is 14.1. The maximum absolute atomic E-state index is 12.4. The normalized spacial score (nSPS) is 45.8. The summed E-state index contributed by atoms with van der Waals surface area (Å²) in [6, 6.07) is 0.203. The number of hydrogen-bond donors (Lipinski definition) is 2. The molecule has 33 heavy (non-hydrogen) atoms. The van der Waals surface area contributed by atoms with Crippen molar-refractivity contribution in [1.82, 2.24) is 5.32 Å². The van der Waals surface area contributed by atoms with Gasteiger partial charge in [0.25, 0.3) is 0 Å². The summed E-state index contributed by atoms with van der Waals surface area (Å²) in [5.41, 5.74) is 0.235. The third kappa shape index (κ3) is 4.00. The van der Waals surface area contributed by atoms with Crippen LogP contribution < -0.4 is 5.32 Å². The highest BCUT2D eigenvalue weighted by molar-refractivity contribution is 5.79. The third-order valence-corrected chi connectivity index (χ3v) is 11.6. The molecule has 5 rings (SSSR count). The zero-order valence-corrected chi connectivity index (χ0v) is 21.4. The molecule has 0 bridgehead atoms. The molecule has 186 valence electrons. The highest BCUT2D eigenvalue weighted by Gasteiger charge is 2.64. The highest BCUT2D eigenvalue weighted by Crippen LogP contribution is 2.69.